The molecule has 1 fully saturated rings. The molecule has 1 aliphatic carbocycles. The van der Waals surface area contributed by atoms with Gasteiger partial charge in [-0.3, -0.25) is 4.90 Å². The number of hydrogen-bond acceptors (Lipinski definition) is 5. The minimum Gasteiger partial charge on any atom is -0.356 e. The number of fused-ring (bicyclic) bond motifs is 1. The van der Waals surface area contributed by atoms with Gasteiger partial charge in [0.2, 0.25) is 0 Å². The number of hydrogen-bond donors (Lipinski definition) is 0. The Balaban J connectivity index is 1.25. The number of halogens is 1. The molecule has 2 aromatic heterocycles. The quantitative estimate of drug-likeness (QED) is 0.634. The average Bonchev–Trinajstić information content (AvgIpc) is 3.23. The topological polar surface area (TPSA) is 55.1 Å². The Morgan fingerprint density at radius 2 is 1.93 bits per heavy atom. The molecule has 5 rings (SSSR count). The third-order valence-corrected chi connectivity index (χ3v) is 6.08. The number of aromatic nitrogens is 3. The summed E-state index contributed by atoms with van der Waals surface area (Å²) in [5.41, 5.74) is 4.15. The van der Waals surface area contributed by atoms with Crippen LogP contribution in [0.2, 0.25) is 0 Å². The van der Waals surface area contributed by atoms with Gasteiger partial charge in [-0.25, -0.2) is 14.4 Å². The predicted molar refractivity (Wildman–Crippen MR) is 108 cm³/mol. The highest BCUT2D eigenvalue weighted by Crippen LogP contribution is 2.31. The normalized spacial score (nSPS) is 18.0. The van der Waals surface area contributed by atoms with Crippen molar-refractivity contribution in [1.29, 1.82) is 0 Å². The molecule has 0 spiro atoms. The van der Waals surface area contributed by atoms with E-state index in [4.69, 9.17) is 14.5 Å². The number of rotatable bonds is 4. The van der Waals surface area contributed by atoms with Crippen LogP contribution in [0.1, 0.15) is 60.8 Å². The summed E-state index contributed by atoms with van der Waals surface area (Å²) in [5, 5.41) is 4.20. The molecule has 0 saturated heterocycles. The molecule has 0 bridgehead atoms. The zero-order valence-corrected chi connectivity index (χ0v) is 16.5. The second-order valence-electron chi connectivity index (χ2n) is 8.19. The van der Waals surface area contributed by atoms with Crippen LogP contribution in [0.5, 0.6) is 0 Å². The molecule has 1 saturated carbocycles. The van der Waals surface area contributed by atoms with E-state index in [9.17, 15) is 4.39 Å². The molecule has 2 aliphatic rings. The van der Waals surface area contributed by atoms with Crippen molar-refractivity contribution in [3.05, 3.63) is 65.1 Å². The zero-order valence-electron chi connectivity index (χ0n) is 16.5. The Bertz CT molecular complexity index is 979. The molecule has 0 amide bonds. The first-order valence-corrected chi connectivity index (χ1v) is 10.5. The second-order valence-corrected chi connectivity index (χ2v) is 8.19. The molecule has 0 radical (unpaired) electrons. The highest BCUT2D eigenvalue weighted by atomic mass is 19.1. The van der Waals surface area contributed by atoms with Crippen molar-refractivity contribution in [3.63, 3.8) is 0 Å². The fourth-order valence-electron chi connectivity index (χ4n) is 4.45. The van der Waals surface area contributed by atoms with E-state index in [1.165, 1.54) is 55.5 Å². The van der Waals surface area contributed by atoms with Crippen LogP contribution in [-0.4, -0.2) is 26.6 Å². The van der Waals surface area contributed by atoms with E-state index in [1.54, 1.807) is 12.1 Å². The summed E-state index contributed by atoms with van der Waals surface area (Å²) in [6, 6.07) is 8.21. The van der Waals surface area contributed by atoms with Gasteiger partial charge in [-0.1, -0.05) is 24.4 Å². The van der Waals surface area contributed by atoms with Crippen LogP contribution in [-0.2, 0) is 19.5 Å². The third kappa shape index (κ3) is 4.08. The summed E-state index contributed by atoms with van der Waals surface area (Å²) in [5.74, 6) is 2.01. The molecule has 29 heavy (non-hydrogen) atoms. The molecular weight excluding hydrogens is 367 g/mol. The van der Waals surface area contributed by atoms with Crippen LogP contribution >= 0.6 is 0 Å². The number of benzene rings is 1. The van der Waals surface area contributed by atoms with Crippen molar-refractivity contribution < 1.29 is 8.91 Å². The highest BCUT2D eigenvalue weighted by Gasteiger charge is 2.23. The predicted octanol–water partition coefficient (Wildman–Crippen LogP) is 4.88. The van der Waals surface area contributed by atoms with E-state index < -0.39 is 0 Å². The van der Waals surface area contributed by atoms with E-state index >= 15 is 0 Å². The van der Waals surface area contributed by atoms with Gasteiger partial charge >= 0.3 is 0 Å². The largest absolute Gasteiger partial charge is 0.356 e. The van der Waals surface area contributed by atoms with Gasteiger partial charge in [0.1, 0.15) is 11.6 Å². The monoisotopic (exact) mass is 392 g/mol. The lowest BCUT2D eigenvalue weighted by Crippen LogP contribution is -2.31. The molecule has 150 valence electrons. The van der Waals surface area contributed by atoms with Crippen molar-refractivity contribution in [1.82, 2.24) is 20.0 Å². The summed E-state index contributed by atoms with van der Waals surface area (Å²) in [4.78, 5) is 12.0. The molecule has 0 unspecified atom stereocenters. The van der Waals surface area contributed by atoms with Crippen LogP contribution in [0.15, 0.2) is 41.1 Å². The summed E-state index contributed by atoms with van der Waals surface area (Å²) >= 11 is 0. The van der Waals surface area contributed by atoms with E-state index in [-0.39, 0.29) is 5.82 Å². The minimum absolute atomic E-state index is 0.255. The smallest absolute Gasteiger partial charge is 0.167 e. The fourth-order valence-corrected chi connectivity index (χ4v) is 4.45. The molecule has 0 atom stereocenters. The van der Waals surface area contributed by atoms with Crippen LogP contribution in [0.25, 0.3) is 11.3 Å². The maximum absolute atomic E-state index is 13.1. The first-order chi connectivity index (χ1) is 14.2. The standard InChI is InChI=1S/C23H25FN4O/c24-19-8-6-16(7-9-19)22-12-20(27-29-22)15-28-11-10-21-18(14-28)13-25-23(26-21)17-4-2-1-3-5-17/h6-9,12-13,17H,1-5,10-11,14-15H2. The van der Waals surface area contributed by atoms with Crippen molar-refractivity contribution in [2.24, 2.45) is 0 Å². The maximum atomic E-state index is 13.1. The van der Waals surface area contributed by atoms with Crippen LogP contribution in [0.3, 0.4) is 0 Å². The molecule has 0 N–H and O–H groups in total. The van der Waals surface area contributed by atoms with E-state index in [0.717, 1.165) is 36.6 Å². The van der Waals surface area contributed by atoms with E-state index in [2.05, 4.69) is 10.1 Å². The van der Waals surface area contributed by atoms with Gasteiger partial charge in [-0.05, 0) is 37.1 Å². The lowest BCUT2D eigenvalue weighted by molar-refractivity contribution is 0.234. The Labute approximate surface area is 170 Å². The van der Waals surface area contributed by atoms with Crippen molar-refractivity contribution >= 4 is 0 Å². The Kier molecular flexibility index (Phi) is 5.10. The molecule has 3 aromatic rings. The molecule has 6 heteroatoms. The number of nitrogens with zero attached hydrogens (tertiary/aromatic N) is 4. The van der Waals surface area contributed by atoms with Gasteiger partial charge in [0, 0.05) is 61.1 Å². The van der Waals surface area contributed by atoms with Gasteiger partial charge in [0.05, 0.1) is 5.69 Å². The van der Waals surface area contributed by atoms with Crippen LogP contribution in [0, 0.1) is 5.82 Å². The fraction of sp³-hybridized carbons (Fsp3) is 0.435. The molecule has 1 aromatic carbocycles. The third-order valence-electron chi connectivity index (χ3n) is 6.08. The van der Waals surface area contributed by atoms with Crippen molar-refractivity contribution in [2.75, 3.05) is 6.54 Å². The van der Waals surface area contributed by atoms with Gasteiger partial charge in [0.25, 0.3) is 0 Å². The maximum Gasteiger partial charge on any atom is 0.167 e. The Hall–Kier alpha value is -2.60. The van der Waals surface area contributed by atoms with E-state index in [0.29, 0.717) is 18.2 Å². The van der Waals surface area contributed by atoms with Gasteiger partial charge in [-0.15, -0.1) is 0 Å². The Morgan fingerprint density at radius 1 is 1.10 bits per heavy atom. The summed E-state index contributed by atoms with van der Waals surface area (Å²) < 4.78 is 18.6. The molecule has 1 aliphatic heterocycles. The van der Waals surface area contributed by atoms with Gasteiger partial charge in [0.15, 0.2) is 5.76 Å². The summed E-state index contributed by atoms with van der Waals surface area (Å²) in [7, 11) is 0. The van der Waals surface area contributed by atoms with Gasteiger partial charge < -0.3 is 4.52 Å². The molecule has 5 nitrogen and oxygen atoms in total. The molecular formula is C23H25FN4O. The Morgan fingerprint density at radius 3 is 2.76 bits per heavy atom. The lowest BCUT2D eigenvalue weighted by Gasteiger charge is -2.28. The highest BCUT2D eigenvalue weighted by molar-refractivity contribution is 5.57. The summed E-state index contributed by atoms with van der Waals surface area (Å²) in [6.45, 7) is 2.50. The lowest BCUT2D eigenvalue weighted by atomic mass is 9.88. The SMILES string of the molecule is Fc1ccc(-c2cc(CN3CCc4nc(C5CCCCC5)ncc4C3)no2)cc1. The first kappa shape index (κ1) is 18.4. The van der Waals surface area contributed by atoms with Crippen molar-refractivity contribution in [3.8, 4) is 11.3 Å². The minimum atomic E-state index is -0.255. The second kappa shape index (κ2) is 8.03. The zero-order chi connectivity index (χ0) is 19.6. The van der Waals surface area contributed by atoms with Gasteiger partial charge in [-0.2, -0.15) is 0 Å². The first-order valence-electron chi connectivity index (χ1n) is 10.5. The van der Waals surface area contributed by atoms with E-state index in [1.807, 2.05) is 12.3 Å². The van der Waals surface area contributed by atoms with Crippen LogP contribution in [0.4, 0.5) is 4.39 Å². The molecule has 3 heterocycles. The summed E-state index contributed by atoms with van der Waals surface area (Å²) in [6.07, 6.45) is 9.39. The average molecular weight is 392 g/mol. The van der Waals surface area contributed by atoms with Crippen molar-refractivity contribution in [2.45, 2.75) is 57.5 Å². The van der Waals surface area contributed by atoms with Crippen LogP contribution < -0.4 is 0 Å².